The van der Waals surface area contributed by atoms with Crippen LogP contribution in [0.25, 0.3) is 22.2 Å². The molecule has 0 aliphatic heterocycles. The third-order valence-electron chi connectivity index (χ3n) is 3.88. The van der Waals surface area contributed by atoms with Crippen LogP contribution in [0.1, 0.15) is 16.7 Å². The average molecular weight is 249 g/mol. The topological polar surface area (TPSA) is 4.93 Å². The van der Waals surface area contributed by atoms with Crippen LogP contribution < -0.4 is 0 Å². The van der Waals surface area contributed by atoms with Gasteiger partial charge in [0.2, 0.25) is 0 Å². The fourth-order valence-corrected chi connectivity index (χ4v) is 3.11. The zero-order valence-electron chi connectivity index (χ0n) is 12.0. The Labute approximate surface area is 114 Å². The molecule has 3 aromatic rings. The van der Waals surface area contributed by atoms with Gasteiger partial charge in [0.1, 0.15) is 0 Å². The van der Waals surface area contributed by atoms with Crippen molar-refractivity contribution in [2.45, 2.75) is 20.8 Å². The maximum atomic E-state index is 2.29. The van der Waals surface area contributed by atoms with Gasteiger partial charge in [0.05, 0.1) is 0 Å². The summed E-state index contributed by atoms with van der Waals surface area (Å²) in [5, 5.41) is 1.30. The molecule has 0 atom stereocenters. The van der Waals surface area contributed by atoms with Gasteiger partial charge in [-0.2, -0.15) is 0 Å². The highest BCUT2D eigenvalue weighted by Gasteiger charge is 2.12. The normalized spacial score (nSPS) is 11.2. The van der Waals surface area contributed by atoms with Crippen LogP contribution in [0.5, 0.6) is 0 Å². The Hall–Kier alpha value is -2.02. The first kappa shape index (κ1) is 12.0. The van der Waals surface area contributed by atoms with Gasteiger partial charge in [-0.1, -0.05) is 35.9 Å². The van der Waals surface area contributed by atoms with Gasteiger partial charge in [0.25, 0.3) is 0 Å². The second kappa shape index (κ2) is 4.27. The van der Waals surface area contributed by atoms with E-state index in [-0.39, 0.29) is 0 Å². The number of hydrogen-bond acceptors (Lipinski definition) is 0. The van der Waals surface area contributed by atoms with E-state index in [0.717, 1.165) is 0 Å². The number of nitrogens with zero attached hydrogens (tertiary/aromatic N) is 1. The highest BCUT2D eigenvalue weighted by Crippen LogP contribution is 2.32. The third-order valence-corrected chi connectivity index (χ3v) is 3.88. The summed E-state index contributed by atoms with van der Waals surface area (Å²) in [5.74, 6) is 0. The molecule has 0 saturated carbocycles. The molecular weight excluding hydrogens is 230 g/mol. The summed E-state index contributed by atoms with van der Waals surface area (Å²) >= 11 is 0. The van der Waals surface area contributed by atoms with Gasteiger partial charge in [0, 0.05) is 29.2 Å². The molecule has 1 heterocycles. The van der Waals surface area contributed by atoms with Gasteiger partial charge in [-0.3, -0.25) is 0 Å². The van der Waals surface area contributed by atoms with Crippen molar-refractivity contribution < 1.29 is 0 Å². The molecule has 0 unspecified atom stereocenters. The lowest BCUT2D eigenvalue weighted by atomic mass is 9.97. The number of fused-ring (bicyclic) bond motifs is 1. The summed E-state index contributed by atoms with van der Waals surface area (Å²) in [5.41, 5.74) is 7.99. The second-order valence-electron chi connectivity index (χ2n) is 5.42. The Bertz CT molecular complexity index is 739. The van der Waals surface area contributed by atoms with E-state index < -0.39 is 0 Å². The Balaban J connectivity index is 2.34. The average Bonchev–Trinajstić information content (AvgIpc) is 2.66. The number of para-hydroxylation sites is 1. The molecule has 0 N–H and O–H groups in total. The summed E-state index contributed by atoms with van der Waals surface area (Å²) in [7, 11) is 2.15. The minimum absolute atomic E-state index is 1.29. The Morgan fingerprint density at radius 1 is 0.842 bits per heavy atom. The van der Waals surface area contributed by atoms with E-state index in [4.69, 9.17) is 0 Å². The van der Waals surface area contributed by atoms with Gasteiger partial charge >= 0.3 is 0 Å². The molecule has 96 valence electrons. The van der Waals surface area contributed by atoms with E-state index in [0.29, 0.717) is 0 Å². The van der Waals surface area contributed by atoms with Crippen molar-refractivity contribution in [1.82, 2.24) is 4.57 Å². The number of aryl methyl sites for hydroxylation is 4. The molecule has 0 aliphatic rings. The van der Waals surface area contributed by atoms with Gasteiger partial charge in [-0.05, 0) is 44.0 Å². The van der Waals surface area contributed by atoms with Crippen LogP contribution in [0, 0.1) is 20.8 Å². The van der Waals surface area contributed by atoms with Crippen LogP contribution in [0.4, 0.5) is 0 Å². The lowest BCUT2D eigenvalue weighted by Gasteiger charge is -2.12. The molecule has 0 bridgehead atoms. The summed E-state index contributed by atoms with van der Waals surface area (Å²) in [6.07, 6.45) is 0. The predicted octanol–water partition coefficient (Wildman–Crippen LogP) is 4.77. The lowest BCUT2D eigenvalue weighted by Crippen LogP contribution is -1.96. The molecule has 0 radical (unpaired) electrons. The van der Waals surface area contributed by atoms with Gasteiger partial charge in [-0.15, -0.1) is 0 Å². The molecule has 1 heteroatoms. The summed E-state index contributed by atoms with van der Waals surface area (Å²) < 4.78 is 2.29. The molecular formula is C18H19N. The van der Waals surface area contributed by atoms with Gasteiger partial charge in [0.15, 0.2) is 0 Å². The van der Waals surface area contributed by atoms with Gasteiger partial charge in [-0.25, -0.2) is 0 Å². The third kappa shape index (κ3) is 1.86. The molecule has 19 heavy (non-hydrogen) atoms. The Morgan fingerprint density at radius 3 is 2.11 bits per heavy atom. The van der Waals surface area contributed by atoms with Crippen molar-refractivity contribution >= 4 is 10.9 Å². The minimum Gasteiger partial charge on any atom is -0.344 e. The zero-order chi connectivity index (χ0) is 13.6. The lowest BCUT2D eigenvalue weighted by molar-refractivity contribution is 0.974. The van der Waals surface area contributed by atoms with Crippen LogP contribution in [-0.4, -0.2) is 4.57 Å². The molecule has 0 aliphatic carbocycles. The number of hydrogen-bond donors (Lipinski definition) is 0. The molecule has 1 nitrogen and oxygen atoms in total. The first-order valence-electron chi connectivity index (χ1n) is 6.70. The minimum atomic E-state index is 1.29. The van der Waals surface area contributed by atoms with E-state index in [1.807, 2.05) is 0 Å². The fraction of sp³-hybridized carbons (Fsp3) is 0.222. The summed E-state index contributed by atoms with van der Waals surface area (Å²) in [6.45, 7) is 6.56. The quantitative estimate of drug-likeness (QED) is 0.585. The van der Waals surface area contributed by atoms with Crippen LogP contribution in [0.15, 0.2) is 42.5 Å². The largest absolute Gasteiger partial charge is 0.344 e. The fourth-order valence-electron chi connectivity index (χ4n) is 3.11. The van der Waals surface area contributed by atoms with Crippen molar-refractivity contribution in [1.29, 1.82) is 0 Å². The predicted molar refractivity (Wildman–Crippen MR) is 82.6 cm³/mol. The standard InChI is InChI=1S/C18H19N/c1-12-9-13(2)18(14(3)10-12)17-11-15-7-5-6-8-16(15)19(17)4/h5-11H,1-4H3. The highest BCUT2D eigenvalue weighted by molar-refractivity contribution is 5.88. The Morgan fingerprint density at radius 2 is 1.47 bits per heavy atom. The summed E-state index contributed by atoms with van der Waals surface area (Å²) in [6, 6.07) is 15.4. The summed E-state index contributed by atoms with van der Waals surface area (Å²) in [4.78, 5) is 0. The van der Waals surface area contributed by atoms with Crippen molar-refractivity contribution in [3.8, 4) is 11.3 Å². The van der Waals surface area contributed by atoms with E-state index >= 15 is 0 Å². The number of rotatable bonds is 1. The van der Waals surface area contributed by atoms with Crippen molar-refractivity contribution in [3.63, 3.8) is 0 Å². The van der Waals surface area contributed by atoms with Crippen LogP contribution >= 0.6 is 0 Å². The van der Waals surface area contributed by atoms with E-state index in [9.17, 15) is 0 Å². The zero-order valence-corrected chi connectivity index (χ0v) is 12.0. The number of benzene rings is 2. The first-order valence-corrected chi connectivity index (χ1v) is 6.70. The van der Waals surface area contributed by atoms with Crippen LogP contribution in [0.3, 0.4) is 0 Å². The maximum absolute atomic E-state index is 2.29. The monoisotopic (exact) mass is 249 g/mol. The Kier molecular flexibility index (Phi) is 2.70. The van der Waals surface area contributed by atoms with Gasteiger partial charge < -0.3 is 4.57 Å². The van der Waals surface area contributed by atoms with Crippen molar-refractivity contribution in [3.05, 3.63) is 59.2 Å². The molecule has 3 rings (SSSR count). The molecule has 2 aromatic carbocycles. The molecule has 0 saturated heterocycles. The smallest absolute Gasteiger partial charge is 0.0494 e. The second-order valence-corrected chi connectivity index (χ2v) is 5.42. The van der Waals surface area contributed by atoms with E-state index in [2.05, 4.69) is 74.9 Å². The first-order chi connectivity index (χ1) is 9.08. The van der Waals surface area contributed by atoms with Crippen LogP contribution in [-0.2, 0) is 7.05 Å². The van der Waals surface area contributed by atoms with Crippen LogP contribution in [0.2, 0.25) is 0 Å². The molecule has 0 spiro atoms. The SMILES string of the molecule is Cc1cc(C)c(-c2cc3ccccc3n2C)c(C)c1. The van der Waals surface area contributed by atoms with E-state index in [1.54, 1.807) is 0 Å². The molecule has 0 fully saturated rings. The molecule has 1 aromatic heterocycles. The van der Waals surface area contributed by atoms with E-state index in [1.165, 1.54) is 38.9 Å². The maximum Gasteiger partial charge on any atom is 0.0494 e. The van der Waals surface area contributed by atoms with Crippen molar-refractivity contribution in [2.75, 3.05) is 0 Å². The van der Waals surface area contributed by atoms with Crippen molar-refractivity contribution in [2.24, 2.45) is 7.05 Å². The highest BCUT2D eigenvalue weighted by atomic mass is 14.9. The molecule has 0 amide bonds. The number of aromatic nitrogens is 1.